The molecular formula is C10H5F3N. The third-order valence-electron chi connectivity index (χ3n) is 1.85. The highest BCUT2D eigenvalue weighted by Gasteiger charge is 2.30. The standard InChI is InChI=1S/C10H5F3N/c11-10(12,13)8-4-3-7-2-1-5-14-9(7)6-8/h1,3-6H. The molecule has 1 nitrogen and oxygen atoms in total. The zero-order valence-electron chi connectivity index (χ0n) is 6.97. The summed E-state index contributed by atoms with van der Waals surface area (Å²) in [4.78, 5) is 3.82. The molecule has 0 aliphatic carbocycles. The minimum Gasteiger partial charge on any atom is -0.256 e. The first-order valence-electron chi connectivity index (χ1n) is 3.91. The summed E-state index contributed by atoms with van der Waals surface area (Å²) in [5, 5.41) is 0.584. The molecule has 1 heterocycles. The molecule has 2 rings (SSSR count). The van der Waals surface area contributed by atoms with Gasteiger partial charge >= 0.3 is 6.18 Å². The van der Waals surface area contributed by atoms with E-state index in [2.05, 4.69) is 11.1 Å². The summed E-state index contributed by atoms with van der Waals surface area (Å²) in [7, 11) is 0. The van der Waals surface area contributed by atoms with E-state index in [0.717, 1.165) is 12.1 Å². The largest absolute Gasteiger partial charge is 0.416 e. The molecule has 2 aromatic rings. The van der Waals surface area contributed by atoms with Crippen molar-refractivity contribution in [1.82, 2.24) is 4.98 Å². The highest BCUT2D eigenvalue weighted by molar-refractivity contribution is 5.78. The van der Waals surface area contributed by atoms with Gasteiger partial charge in [0.1, 0.15) is 0 Å². The maximum absolute atomic E-state index is 12.3. The van der Waals surface area contributed by atoms with Crippen molar-refractivity contribution in [2.24, 2.45) is 0 Å². The van der Waals surface area contributed by atoms with E-state index in [1.165, 1.54) is 12.3 Å². The molecule has 0 spiro atoms. The van der Waals surface area contributed by atoms with Gasteiger partial charge in [-0.2, -0.15) is 13.2 Å². The number of hydrogen-bond donors (Lipinski definition) is 0. The Morgan fingerprint density at radius 3 is 2.71 bits per heavy atom. The van der Waals surface area contributed by atoms with Gasteiger partial charge in [0.2, 0.25) is 0 Å². The average Bonchev–Trinajstić information content (AvgIpc) is 2.16. The molecule has 14 heavy (non-hydrogen) atoms. The summed E-state index contributed by atoms with van der Waals surface area (Å²) in [5.41, 5.74) is -0.376. The summed E-state index contributed by atoms with van der Waals surface area (Å²) in [5.74, 6) is 0. The van der Waals surface area contributed by atoms with Crippen LogP contribution in [0.15, 0.2) is 30.5 Å². The van der Waals surface area contributed by atoms with Gasteiger partial charge in [0.25, 0.3) is 0 Å². The van der Waals surface area contributed by atoms with Crippen LogP contribution in [0.1, 0.15) is 5.56 Å². The van der Waals surface area contributed by atoms with E-state index in [1.807, 2.05) is 0 Å². The molecule has 4 heteroatoms. The van der Waals surface area contributed by atoms with Gasteiger partial charge in [0.15, 0.2) is 0 Å². The lowest BCUT2D eigenvalue weighted by Gasteiger charge is -2.06. The molecule has 71 valence electrons. The second-order valence-corrected chi connectivity index (χ2v) is 2.82. The first-order chi connectivity index (χ1) is 6.57. The maximum Gasteiger partial charge on any atom is 0.416 e. The third-order valence-corrected chi connectivity index (χ3v) is 1.85. The van der Waals surface area contributed by atoms with Crippen LogP contribution in [0.2, 0.25) is 0 Å². The predicted octanol–water partition coefficient (Wildman–Crippen LogP) is 3.05. The van der Waals surface area contributed by atoms with Gasteiger partial charge < -0.3 is 0 Å². The van der Waals surface area contributed by atoms with E-state index in [4.69, 9.17) is 0 Å². The number of hydrogen-bond acceptors (Lipinski definition) is 1. The van der Waals surface area contributed by atoms with Gasteiger partial charge in [-0.05, 0) is 24.3 Å². The minimum atomic E-state index is -4.31. The summed E-state index contributed by atoms with van der Waals surface area (Å²) < 4.78 is 36.8. The van der Waals surface area contributed by atoms with E-state index in [1.54, 1.807) is 6.07 Å². The monoisotopic (exact) mass is 196 g/mol. The second-order valence-electron chi connectivity index (χ2n) is 2.82. The normalized spacial score (nSPS) is 11.9. The fourth-order valence-electron chi connectivity index (χ4n) is 1.18. The van der Waals surface area contributed by atoms with E-state index in [0.29, 0.717) is 10.9 Å². The van der Waals surface area contributed by atoms with E-state index in [-0.39, 0.29) is 0 Å². The molecule has 0 N–H and O–H groups in total. The summed E-state index contributed by atoms with van der Waals surface area (Å²) >= 11 is 0. The average molecular weight is 196 g/mol. The summed E-state index contributed by atoms with van der Waals surface area (Å²) in [6, 6.07) is 7.78. The summed E-state index contributed by atoms with van der Waals surface area (Å²) in [6.07, 6.45) is -2.89. The molecule has 0 amide bonds. The molecule has 1 radical (unpaired) electrons. The third kappa shape index (κ3) is 1.55. The van der Waals surface area contributed by atoms with E-state index >= 15 is 0 Å². The highest BCUT2D eigenvalue weighted by Crippen LogP contribution is 2.30. The SMILES string of the molecule is FC(F)(F)c1ccc2[c]ccnc2c1. The van der Waals surface area contributed by atoms with Gasteiger partial charge in [0, 0.05) is 11.6 Å². The minimum absolute atomic E-state index is 0.308. The van der Waals surface area contributed by atoms with Gasteiger partial charge in [0.05, 0.1) is 11.1 Å². The van der Waals surface area contributed by atoms with Crippen molar-refractivity contribution in [2.75, 3.05) is 0 Å². The van der Waals surface area contributed by atoms with E-state index in [9.17, 15) is 13.2 Å². The van der Waals surface area contributed by atoms with Gasteiger partial charge in [-0.1, -0.05) is 6.07 Å². The Kier molecular flexibility index (Phi) is 1.91. The van der Waals surface area contributed by atoms with Crippen LogP contribution >= 0.6 is 0 Å². The van der Waals surface area contributed by atoms with Crippen LogP contribution < -0.4 is 0 Å². The van der Waals surface area contributed by atoms with Crippen molar-refractivity contribution in [2.45, 2.75) is 6.18 Å². The Hall–Kier alpha value is -1.58. The van der Waals surface area contributed by atoms with Crippen LogP contribution in [-0.4, -0.2) is 4.98 Å². The fourth-order valence-corrected chi connectivity index (χ4v) is 1.18. The maximum atomic E-state index is 12.3. The Morgan fingerprint density at radius 2 is 2.00 bits per heavy atom. The molecule has 0 saturated heterocycles. The lowest BCUT2D eigenvalue weighted by molar-refractivity contribution is -0.137. The predicted molar refractivity (Wildman–Crippen MR) is 45.6 cm³/mol. The number of aromatic nitrogens is 1. The van der Waals surface area contributed by atoms with Crippen LogP contribution in [0, 0.1) is 6.07 Å². The first-order valence-corrected chi connectivity index (χ1v) is 3.91. The van der Waals surface area contributed by atoms with Crippen molar-refractivity contribution in [3.63, 3.8) is 0 Å². The van der Waals surface area contributed by atoms with Crippen molar-refractivity contribution in [3.8, 4) is 0 Å². The van der Waals surface area contributed by atoms with Crippen LogP contribution in [0.3, 0.4) is 0 Å². The number of halogens is 3. The number of alkyl halides is 3. The molecule has 0 aliphatic heterocycles. The van der Waals surface area contributed by atoms with Crippen LogP contribution in [0.4, 0.5) is 13.2 Å². The highest BCUT2D eigenvalue weighted by atomic mass is 19.4. The molecule has 0 fully saturated rings. The first kappa shape index (κ1) is 8.99. The molecular weight excluding hydrogens is 191 g/mol. The molecule has 0 bridgehead atoms. The number of pyridine rings is 1. The molecule has 0 aliphatic rings. The van der Waals surface area contributed by atoms with Crippen LogP contribution in [0.25, 0.3) is 10.9 Å². The zero-order chi connectivity index (χ0) is 10.2. The molecule has 1 aromatic carbocycles. The van der Waals surface area contributed by atoms with Gasteiger partial charge in [-0.15, -0.1) is 0 Å². The smallest absolute Gasteiger partial charge is 0.256 e. The Bertz CT molecular complexity index is 462. The number of rotatable bonds is 0. The molecule has 0 saturated carbocycles. The fraction of sp³-hybridized carbons (Fsp3) is 0.100. The molecule has 0 atom stereocenters. The Balaban J connectivity index is 2.63. The number of nitrogens with zero attached hydrogens (tertiary/aromatic N) is 1. The number of fused-ring (bicyclic) bond motifs is 1. The van der Waals surface area contributed by atoms with Gasteiger partial charge in [-0.25, -0.2) is 0 Å². The Labute approximate surface area is 78.2 Å². The van der Waals surface area contributed by atoms with Crippen molar-refractivity contribution < 1.29 is 13.2 Å². The van der Waals surface area contributed by atoms with Crippen LogP contribution in [-0.2, 0) is 6.18 Å². The van der Waals surface area contributed by atoms with Crippen molar-refractivity contribution >= 4 is 10.9 Å². The van der Waals surface area contributed by atoms with E-state index < -0.39 is 11.7 Å². The number of benzene rings is 1. The Morgan fingerprint density at radius 1 is 1.21 bits per heavy atom. The van der Waals surface area contributed by atoms with Gasteiger partial charge in [-0.3, -0.25) is 4.98 Å². The van der Waals surface area contributed by atoms with Crippen molar-refractivity contribution in [1.29, 1.82) is 0 Å². The topological polar surface area (TPSA) is 12.9 Å². The summed E-state index contributed by atoms with van der Waals surface area (Å²) in [6.45, 7) is 0. The lowest BCUT2D eigenvalue weighted by atomic mass is 10.1. The molecule has 1 aromatic heterocycles. The zero-order valence-corrected chi connectivity index (χ0v) is 6.97. The van der Waals surface area contributed by atoms with Crippen molar-refractivity contribution in [3.05, 3.63) is 42.1 Å². The lowest BCUT2D eigenvalue weighted by Crippen LogP contribution is -2.04. The quantitative estimate of drug-likeness (QED) is 0.631. The van der Waals surface area contributed by atoms with Crippen LogP contribution in [0.5, 0.6) is 0 Å². The molecule has 0 unspecified atom stereocenters. The second kappa shape index (κ2) is 2.97.